The van der Waals surface area contributed by atoms with Crippen molar-refractivity contribution < 1.29 is 32.2 Å². The zero-order chi connectivity index (χ0) is 31.9. The Balaban J connectivity index is 2.21. The van der Waals surface area contributed by atoms with Gasteiger partial charge in [0.1, 0.15) is 18.3 Å². The summed E-state index contributed by atoms with van der Waals surface area (Å²) in [5.41, 5.74) is 0.401. The molecular weight excluding hydrogens is 641 g/mol. The largest absolute Gasteiger partial charge is 0.495 e. The summed E-state index contributed by atoms with van der Waals surface area (Å²) in [5, 5.41) is 3.33. The molecule has 0 aliphatic heterocycles. The van der Waals surface area contributed by atoms with E-state index >= 15 is 0 Å². The van der Waals surface area contributed by atoms with Crippen molar-refractivity contribution in [1.29, 1.82) is 0 Å². The van der Waals surface area contributed by atoms with Crippen molar-refractivity contribution in [2.24, 2.45) is 0 Å². The fraction of sp³-hybridized carbons (Fsp3) is 0.310. The minimum atomic E-state index is -4.48. The lowest BCUT2D eigenvalue weighted by molar-refractivity contribution is -0.140. The number of carbonyl (C=O) groups is 2. The predicted octanol–water partition coefficient (Wildman–Crippen LogP) is 5.42. The van der Waals surface area contributed by atoms with Crippen molar-refractivity contribution in [1.82, 2.24) is 10.2 Å². The third-order valence-electron chi connectivity index (χ3n) is 6.65. The molecule has 0 aliphatic carbocycles. The van der Waals surface area contributed by atoms with Gasteiger partial charge in [-0.25, -0.2) is 8.42 Å². The Morgan fingerprint density at radius 1 is 0.884 bits per heavy atom. The van der Waals surface area contributed by atoms with Gasteiger partial charge in [-0.2, -0.15) is 0 Å². The highest BCUT2D eigenvalue weighted by Crippen LogP contribution is 2.37. The third-order valence-corrected chi connectivity index (χ3v) is 9.35. The number of anilines is 1. The Morgan fingerprint density at radius 2 is 1.49 bits per heavy atom. The summed E-state index contributed by atoms with van der Waals surface area (Å²) in [6.07, 6.45) is 0.219. The minimum Gasteiger partial charge on any atom is -0.495 e. The molecule has 43 heavy (non-hydrogen) atoms. The smallest absolute Gasteiger partial charge is 0.265 e. The molecule has 2 amide bonds. The second-order valence-corrected chi connectivity index (χ2v) is 12.2. The molecule has 3 aromatic carbocycles. The Bertz CT molecular complexity index is 1570. The molecule has 0 fully saturated rings. The molecule has 1 atom stereocenters. The van der Waals surface area contributed by atoms with Crippen molar-refractivity contribution in [3.05, 3.63) is 75.2 Å². The van der Waals surface area contributed by atoms with E-state index in [-0.39, 0.29) is 50.1 Å². The van der Waals surface area contributed by atoms with Crippen LogP contribution >= 0.6 is 34.8 Å². The third kappa shape index (κ3) is 7.59. The average molecular weight is 673 g/mol. The summed E-state index contributed by atoms with van der Waals surface area (Å²) in [6.45, 7) is 0.829. The van der Waals surface area contributed by atoms with E-state index in [1.54, 1.807) is 25.1 Å². The first-order valence-corrected chi connectivity index (χ1v) is 15.5. The molecule has 3 rings (SSSR count). The summed E-state index contributed by atoms with van der Waals surface area (Å²) in [5.74, 6) is -0.552. The molecular formula is C29H32Cl3N3O7S. The molecule has 0 aromatic heterocycles. The summed E-state index contributed by atoms with van der Waals surface area (Å²) in [6, 6.07) is 12.3. The maximum Gasteiger partial charge on any atom is 0.265 e. The highest BCUT2D eigenvalue weighted by Gasteiger charge is 2.35. The number of hydrogen-bond acceptors (Lipinski definition) is 7. The molecule has 10 nitrogen and oxygen atoms in total. The first kappa shape index (κ1) is 34.1. The van der Waals surface area contributed by atoms with Crippen molar-refractivity contribution in [3.63, 3.8) is 0 Å². The summed E-state index contributed by atoms with van der Waals surface area (Å²) in [4.78, 5) is 28.2. The number of benzene rings is 3. The Kier molecular flexibility index (Phi) is 11.8. The van der Waals surface area contributed by atoms with Crippen LogP contribution in [0, 0.1) is 0 Å². The second kappa shape index (κ2) is 14.9. The van der Waals surface area contributed by atoms with Crippen LogP contribution in [0.15, 0.2) is 59.5 Å². The normalized spacial score (nSPS) is 11.8. The van der Waals surface area contributed by atoms with Crippen LogP contribution in [0.4, 0.5) is 5.69 Å². The van der Waals surface area contributed by atoms with Crippen LogP contribution in [0.3, 0.4) is 0 Å². The first-order valence-electron chi connectivity index (χ1n) is 13.0. The fourth-order valence-electron chi connectivity index (χ4n) is 4.42. The SMILES string of the molecule is CCC(C(=O)NC)N(Cc1c(Cl)cccc1Cl)C(=O)CN(c1cc(Cl)ccc1OC)S(=O)(=O)c1ccc(OC)c(OC)c1. The van der Waals surface area contributed by atoms with Gasteiger partial charge in [0.2, 0.25) is 11.8 Å². The molecule has 0 heterocycles. The molecule has 0 aliphatic rings. The van der Waals surface area contributed by atoms with E-state index in [1.807, 2.05) is 0 Å². The minimum absolute atomic E-state index is 0.00172. The van der Waals surface area contributed by atoms with Crippen LogP contribution < -0.4 is 23.8 Å². The average Bonchev–Trinajstić information content (AvgIpc) is 3.00. The van der Waals surface area contributed by atoms with Crippen LogP contribution in [0.2, 0.25) is 15.1 Å². The number of halogens is 3. The monoisotopic (exact) mass is 671 g/mol. The Morgan fingerprint density at radius 3 is 2.05 bits per heavy atom. The van der Waals surface area contributed by atoms with Gasteiger partial charge < -0.3 is 24.4 Å². The van der Waals surface area contributed by atoms with Crippen molar-refractivity contribution in [2.75, 3.05) is 39.2 Å². The quantitative estimate of drug-likeness (QED) is 0.258. The van der Waals surface area contributed by atoms with Crippen LogP contribution in [0.5, 0.6) is 17.2 Å². The van der Waals surface area contributed by atoms with E-state index < -0.39 is 34.4 Å². The van der Waals surface area contributed by atoms with Gasteiger partial charge in [0, 0.05) is 40.3 Å². The lowest BCUT2D eigenvalue weighted by Crippen LogP contribution is -2.51. The van der Waals surface area contributed by atoms with Crippen LogP contribution in [0.25, 0.3) is 0 Å². The molecule has 0 saturated heterocycles. The Labute approximate surface area is 266 Å². The molecule has 0 spiro atoms. The number of nitrogens with zero attached hydrogens (tertiary/aromatic N) is 2. The second-order valence-electron chi connectivity index (χ2n) is 9.10. The van der Waals surface area contributed by atoms with Gasteiger partial charge in [-0.05, 0) is 48.9 Å². The number of sulfonamides is 1. The number of hydrogen-bond donors (Lipinski definition) is 1. The van der Waals surface area contributed by atoms with Crippen LogP contribution in [-0.4, -0.2) is 66.1 Å². The molecule has 3 aromatic rings. The summed E-state index contributed by atoms with van der Waals surface area (Å²) in [7, 11) is 1.12. The van der Waals surface area contributed by atoms with Crippen molar-refractivity contribution in [2.45, 2.75) is 30.8 Å². The molecule has 0 bridgehead atoms. The van der Waals surface area contributed by atoms with E-state index in [4.69, 9.17) is 49.0 Å². The highest BCUT2D eigenvalue weighted by atomic mass is 35.5. The van der Waals surface area contributed by atoms with Crippen molar-refractivity contribution >= 4 is 62.3 Å². The number of carbonyl (C=O) groups excluding carboxylic acids is 2. The fourth-order valence-corrected chi connectivity index (χ4v) is 6.53. The molecule has 14 heteroatoms. The van der Waals surface area contributed by atoms with E-state index in [0.717, 1.165) is 4.31 Å². The maximum atomic E-state index is 14.3. The lowest BCUT2D eigenvalue weighted by atomic mass is 10.1. The van der Waals surface area contributed by atoms with Gasteiger partial charge in [0.25, 0.3) is 10.0 Å². The highest BCUT2D eigenvalue weighted by molar-refractivity contribution is 7.92. The molecule has 0 saturated carbocycles. The number of rotatable bonds is 13. The zero-order valence-electron chi connectivity index (χ0n) is 24.2. The molecule has 232 valence electrons. The van der Waals surface area contributed by atoms with Crippen LogP contribution in [-0.2, 0) is 26.2 Å². The topological polar surface area (TPSA) is 114 Å². The molecule has 1 unspecified atom stereocenters. The van der Waals surface area contributed by atoms with Gasteiger partial charge in [-0.15, -0.1) is 0 Å². The maximum absolute atomic E-state index is 14.3. The van der Waals surface area contributed by atoms with E-state index in [1.165, 1.54) is 69.7 Å². The summed E-state index contributed by atoms with van der Waals surface area (Å²) < 4.78 is 45.4. The van der Waals surface area contributed by atoms with Gasteiger partial charge in [-0.3, -0.25) is 13.9 Å². The number of methoxy groups -OCH3 is 3. The predicted molar refractivity (Wildman–Crippen MR) is 167 cm³/mol. The first-order chi connectivity index (χ1) is 20.4. The van der Waals surface area contributed by atoms with E-state index in [2.05, 4.69) is 5.32 Å². The zero-order valence-corrected chi connectivity index (χ0v) is 27.3. The van der Waals surface area contributed by atoms with Gasteiger partial charge in [-0.1, -0.05) is 47.8 Å². The van der Waals surface area contributed by atoms with Gasteiger partial charge in [0.05, 0.1) is 31.9 Å². The number of likely N-dealkylation sites (N-methyl/N-ethyl adjacent to an activating group) is 1. The summed E-state index contributed by atoms with van der Waals surface area (Å²) >= 11 is 19.1. The number of ether oxygens (including phenoxy) is 3. The number of amides is 2. The Hall–Kier alpha value is -3.38. The van der Waals surface area contributed by atoms with Crippen LogP contribution in [0.1, 0.15) is 18.9 Å². The van der Waals surface area contributed by atoms with E-state index in [0.29, 0.717) is 11.3 Å². The number of nitrogens with one attached hydrogen (secondary N) is 1. The van der Waals surface area contributed by atoms with Crippen molar-refractivity contribution in [3.8, 4) is 17.2 Å². The van der Waals surface area contributed by atoms with E-state index in [9.17, 15) is 18.0 Å². The lowest BCUT2D eigenvalue weighted by Gasteiger charge is -2.33. The molecule has 1 N–H and O–H groups in total. The van der Waals surface area contributed by atoms with Gasteiger partial charge in [0.15, 0.2) is 11.5 Å². The van der Waals surface area contributed by atoms with Gasteiger partial charge >= 0.3 is 0 Å². The standard InChI is InChI=1S/C29H32Cl3N3O7S/c1-6-23(29(37)33-2)34(16-20-21(31)8-7-9-22(20)32)28(36)17-35(24-14-18(30)10-12-25(24)40-3)43(38,39)19-11-13-26(41-4)27(15-19)42-5/h7-15,23H,6,16-17H2,1-5H3,(H,33,37). The molecule has 0 radical (unpaired) electrons.